The van der Waals surface area contributed by atoms with E-state index >= 15 is 0 Å². The van der Waals surface area contributed by atoms with Crippen LogP contribution >= 0.6 is 0 Å². The number of amides is 1. The fourth-order valence-electron chi connectivity index (χ4n) is 2.02. The molecule has 0 aliphatic carbocycles. The van der Waals surface area contributed by atoms with Crippen molar-refractivity contribution >= 4 is 23.3 Å². The number of hydrogen-bond donors (Lipinski definition) is 2. The summed E-state index contributed by atoms with van der Waals surface area (Å²) in [6.07, 6.45) is 1.44. The zero-order valence-corrected chi connectivity index (χ0v) is 11.9. The van der Waals surface area contributed by atoms with Gasteiger partial charge in [-0.25, -0.2) is 0 Å². The molecule has 1 aliphatic heterocycles. The van der Waals surface area contributed by atoms with Gasteiger partial charge in [-0.05, 0) is 44.0 Å². The third-order valence-electron chi connectivity index (χ3n) is 3.13. The highest BCUT2D eigenvalue weighted by Crippen LogP contribution is 2.29. The van der Waals surface area contributed by atoms with E-state index in [4.69, 9.17) is 4.74 Å². The number of ether oxygens (including phenoxy) is 1. The Kier molecular flexibility index (Phi) is 4.08. The Morgan fingerprint density at radius 2 is 1.75 bits per heavy atom. The van der Waals surface area contributed by atoms with Crippen molar-refractivity contribution in [3.05, 3.63) is 35.0 Å². The summed E-state index contributed by atoms with van der Waals surface area (Å²) in [5.74, 6) is -0.606. The number of carbonyl (C=O) groups is 2. The molecule has 0 aromatic heterocycles. The van der Waals surface area contributed by atoms with Gasteiger partial charge >= 0.3 is 5.97 Å². The summed E-state index contributed by atoms with van der Waals surface area (Å²) in [7, 11) is 0. The van der Waals surface area contributed by atoms with Gasteiger partial charge < -0.3 is 15.4 Å². The van der Waals surface area contributed by atoms with Crippen LogP contribution in [0.5, 0.6) is 0 Å². The molecule has 2 N–H and O–H groups in total. The van der Waals surface area contributed by atoms with E-state index in [-0.39, 0.29) is 18.3 Å². The first-order chi connectivity index (χ1) is 9.49. The van der Waals surface area contributed by atoms with E-state index in [0.29, 0.717) is 18.0 Å². The fourth-order valence-corrected chi connectivity index (χ4v) is 2.02. The van der Waals surface area contributed by atoms with Gasteiger partial charge in [-0.1, -0.05) is 0 Å². The number of esters is 1. The molecule has 106 valence electrons. The lowest BCUT2D eigenvalue weighted by Crippen LogP contribution is -2.11. The molecule has 1 heterocycles. The van der Waals surface area contributed by atoms with Crippen molar-refractivity contribution in [3.63, 3.8) is 0 Å². The van der Waals surface area contributed by atoms with Crippen LogP contribution in [0.2, 0.25) is 0 Å². The van der Waals surface area contributed by atoms with E-state index in [1.54, 1.807) is 6.92 Å². The van der Waals surface area contributed by atoms with Crippen LogP contribution in [0.25, 0.3) is 0 Å². The van der Waals surface area contributed by atoms with E-state index in [1.807, 2.05) is 26.0 Å². The molecule has 2 rings (SSSR count). The van der Waals surface area contributed by atoms with Crippen LogP contribution in [0.4, 0.5) is 11.4 Å². The van der Waals surface area contributed by atoms with Gasteiger partial charge in [0, 0.05) is 11.8 Å². The summed E-state index contributed by atoms with van der Waals surface area (Å²) in [6.45, 7) is 6.06. The smallest absolute Gasteiger partial charge is 0.311 e. The first kappa shape index (κ1) is 14.1. The van der Waals surface area contributed by atoms with Crippen molar-refractivity contribution in [2.45, 2.75) is 27.2 Å². The number of benzene rings is 1. The van der Waals surface area contributed by atoms with Crippen LogP contribution < -0.4 is 10.6 Å². The predicted molar refractivity (Wildman–Crippen MR) is 77.5 cm³/mol. The van der Waals surface area contributed by atoms with E-state index in [0.717, 1.165) is 16.8 Å². The summed E-state index contributed by atoms with van der Waals surface area (Å²) in [6, 6.07) is 3.87. The van der Waals surface area contributed by atoms with E-state index in [2.05, 4.69) is 10.6 Å². The Labute approximate surface area is 118 Å². The average molecular weight is 274 g/mol. The van der Waals surface area contributed by atoms with Gasteiger partial charge in [0.05, 0.1) is 24.4 Å². The molecular weight excluding hydrogens is 256 g/mol. The van der Waals surface area contributed by atoms with Crippen molar-refractivity contribution in [1.82, 2.24) is 0 Å². The van der Waals surface area contributed by atoms with Crippen LogP contribution in [-0.2, 0) is 14.3 Å². The van der Waals surface area contributed by atoms with E-state index < -0.39 is 0 Å². The number of rotatable bonds is 3. The molecule has 0 radical (unpaired) electrons. The quantitative estimate of drug-likeness (QED) is 0.831. The summed E-state index contributed by atoms with van der Waals surface area (Å²) in [5.41, 5.74) is 4.24. The van der Waals surface area contributed by atoms with Gasteiger partial charge in [-0.15, -0.1) is 0 Å². The second kappa shape index (κ2) is 5.77. The molecule has 5 nitrogen and oxygen atoms in total. The molecule has 0 spiro atoms. The molecule has 0 fully saturated rings. The molecule has 5 heteroatoms. The molecule has 0 bridgehead atoms. The normalized spacial score (nSPS) is 13.6. The predicted octanol–water partition coefficient (Wildman–Crippen LogP) is 2.50. The lowest BCUT2D eigenvalue weighted by atomic mass is 10.1. The Balaban J connectivity index is 2.27. The zero-order valence-electron chi connectivity index (χ0n) is 11.9. The minimum absolute atomic E-state index is 0.0492. The van der Waals surface area contributed by atoms with Gasteiger partial charge in [-0.2, -0.15) is 0 Å². The van der Waals surface area contributed by atoms with E-state index in [1.165, 1.54) is 6.08 Å². The second-order valence-electron chi connectivity index (χ2n) is 4.75. The number of carbonyl (C=O) groups excluding carboxylic acids is 2. The third-order valence-corrected chi connectivity index (χ3v) is 3.13. The van der Waals surface area contributed by atoms with Crippen LogP contribution in [0, 0.1) is 13.8 Å². The van der Waals surface area contributed by atoms with Crippen molar-refractivity contribution in [2.24, 2.45) is 0 Å². The first-order valence-corrected chi connectivity index (χ1v) is 6.55. The maximum absolute atomic E-state index is 11.8. The van der Waals surface area contributed by atoms with Crippen molar-refractivity contribution in [2.75, 3.05) is 17.2 Å². The van der Waals surface area contributed by atoms with Gasteiger partial charge in [0.1, 0.15) is 0 Å². The summed E-state index contributed by atoms with van der Waals surface area (Å²) < 4.78 is 4.90. The van der Waals surface area contributed by atoms with Gasteiger partial charge in [0.25, 0.3) is 0 Å². The summed E-state index contributed by atoms with van der Waals surface area (Å²) in [5, 5.41) is 5.92. The third kappa shape index (κ3) is 3.17. The van der Waals surface area contributed by atoms with Gasteiger partial charge in [0.15, 0.2) is 0 Å². The molecule has 0 saturated heterocycles. The summed E-state index contributed by atoms with van der Waals surface area (Å²) >= 11 is 0. The monoisotopic (exact) mass is 274 g/mol. The van der Waals surface area contributed by atoms with Crippen molar-refractivity contribution in [3.8, 4) is 0 Å². The average Bonchev–Trinajstić information content (AvgIpc) is 2.48. The molecule has 0 unspecified atom stereocenters. The number of hydrogen-bond acceptors (Lipinski definition) is 4. The largest absolute Gasteiger partial charge is 0.466 e. The summed E-state index contributed by atoms with van der Waals surface area (Å²) in [4.78, 5) is 23.3. The SMILES string of the molecule is CCOC(=O)CC1=CC(=O)Nc2cc(C)c(C)cc2N1. The molecule has 1 amide bonds. The molecule has 0 saturated carbocycles. The molecule has 1 aromatic rings. The number of fused-ring (bicyclic) bond motifs is 1. The highest BCUT2D eigenvalue weighted by Gasteiger charge is 2.16. The Morgan fingerprint density at radius 3 is 2.35 bits per heavy atom. The number of aryl methyl sites for hydroxylation is 2. The number of nitrogens with one attached hydrogen (secondary N) is 2. The molecule has 1 aromatic carbocycles. The highest BCUT2D eigenvalue weighted by atomic mass is 16.5. The van der Waals surface area contributed by atoms with E-state index in [9.17, 15) is 9.59 Å². The standard InChI is InChI=1S/C15H18N2O3/c1-4-20-15(19)8-11-7-14(18)17-13-6-10(3)9(2)5-12(13)16-11/h5-7,16H,4,8H2,1-3H3,(H,17,18). The van der Waals surface area contributed by atoms with Crippen molar-refractivity contribution < 1.29 is 14.3 Å². The maximum Gasteiger partial charge on any atom is 0.311 e. The fraction of sp³-hybridized carbons (Fsp3) is 0.333. The molecular formula is C15H18N2O3. The Morgan fingerprint density at radius 1 is 1.15 bits per heavy atom. The van der Waals surface area contributed by atoms with Crippen LogP contribution in [-0.4, -0.2) is 18.5 Å². The minimum atomic E-state index is -0.355. The minimum Gasteiger partial charge on any atom is -0.466 e. The molecule has 0 atom stereocenters. The molecule has 20 heavy (non-hydrogen) atoms. The van der Waals surface area contributed by atoms with Crippen LogP contribution in [0.3, 0.4) is 0 Å². The first-order valence-electron chi connectivity index (χ1n) is 6.55. The lowest BCUT2D eigenvalue weighted by molar-refractivity contribution is -0.142. The maximum atomic E-state index is 11.8. The van der Waals surface area contributed by atoms with Crippen molar-refractivity contribution in [1.29, 1.82) is 0 Å². The Bertz CT molecular complexity index is 591. The van der Waals surface area contributed by atoms with Gasteiger partial charge in [-0.3, -0.25) is 9.59 Å². The van der Waals surface area contributed by atoms with Crippen LogP contribution in [0.15, 0.2) is 23.9 Å². The van der Waals surface area contributed by atoms with Gasteiger partial charge in [0.2, 0.25) is 5.91 Å². The highest BCUT2D eigenvalue weighted by molar-refractivity contribution is 6.04. The van der Waals surface area contributed by atoms with Crippen LogP contribution in [0.1, 0.15) is 24.5 Å². The molecule has 1 aliphatic rings. The second-order valence-corrected chi connectivity index (χ2v) is 4.75. The Hall–Kier alpha value is -2.30. The lowest BCUT2D eigenvalue weighted by Gasteiger charge is -2.13. The topological polar surface area (TPSA) is 67.4 Å². The number of anilines is 2. The zero-order chi connectivity index (χ0) is 14.7.